The Hall–Kier alpha value is -1.59. The van der Waals surface area contributed by atoms with Crippen LogP contribution in [0.3, 0.4) is 0 Å². The number of nitrogens with one attached hydrogen (secondary N) is 1. The third-order valence-electron chi connectivity index (χ3n) is 2.85. The molecule has 1 aliphatic heterocycles. The zero-order valence-corrected chi connectivity index (χ0v) is 10.4. The van der Waals surface area contributed by atoms with Crippen molar-refractivity contribution < 1.29 is 14.3 Å². The summed E-state index contributed by atoms with van der Waals surface area (Å²) in [6.07, 6.45) is -0.126. The second-order valence-corrected chi connectivity index (χ2v) is 4.13. The topological polar surface area (TPSA) is 73.6 Å². The summed E-state index contributed by atoms with van der Waals surface area (Å²) in [5.41, 5.74) is 7.59. The van der Waals surface area contributed by atoms with E-state index in [2.05, 4.69) is 5.32 Å². The lowest BCUT2D eigenvalue weighted by atomic mass is 10.0. The normalized spacial score (nSPS) is 19.5. The predicted octanol–water partition coefficient (Wildman–Crippen LogP) is 1.11. The Kier molecular flexibility index (Phi) is 4.17. The Morgan fingerprint density at radius 1 is 1.61 bits per heavy atom. The highest BCUT2D eigenvalue weighted by atomic mass is 16.5. The molecule has 0 aromatic heterocycles. The minimum absolute atomic E-state index is 0.126. The van der Waals surface area contributed by atoms with Crippen molar-refractivity contribution in [2.45, 2.75) is 13.0 Å². The van der Waals surface area contributed by atoms with Crippen molar-refractivity contribution in [3.8, 4) is 0 Å². The second kappa shape index (κ2) is 5.84. The number of morpholine rings is 1. The van der Waals surface area contributed by atoms with E-state index in [4.69, 9.17) is 15.2 Å². The van der Waals surface area contributed by atoms with E-state index >= 15 is 0 Å². The molecule has 0 saturated carbocycles. The first-order valence-corrected chi connectivity index (χ1v) is 6.11. The number of nitrogen functional groups attached to an aromatic ring is 1. The fourth-order valence-electron chi connectivity index (χ4n) is 2.01. The molecule has 1 unspecified atom stereocenters. The van der Waals surface area contributed by atoms with Gasteiger partial charge in [-0.3, -0.25) is 0 Å². The van der Waals surface area contributed by atoms with Crippen LogP contribution in [-0.4, -0.2) is 32.3 Å². The van der Waals surface area contributed by atoms with Crippen LogP contribution in [0.1, 0.15) is 28.9 Å². The van der Waals surface area contributed by atoms with E-state index in [-0.39, 0.29) is 12.1 Å². The summed E-state index contributed by atoms with van der Waals surface area (Å²) in [5.74, 6) is -0.353. The van der Waals surface area contributed by atoms with Crippen LogP contribution < -0.4 is 11.1 Å². The summed E-state index contributed by atoms with van der Waals surface area (Å²) in [4.78, 5) is 11.9. The molecule has 0 radical (unpaired) electrons. The fraction of sp³-hybridized carbons (Fsp3) is 0.462. The van der Waals surface area contributed by atoms with Gasteiger partial charge in [0, 0.05) is 18.8 Å². The van der Waals surface area contributed by atoms with Gasteiger partial charge in [0.25, 0.3) is 0 Å². The number of nitrogens with two attached hydrogens (primary N) is 1. The van der Waals surface area contributed by atoms with Gasteiger partial charge in [-0.2, -0.15) is 0 Å². The number of anilines is 1. The van der Waals surface area contributed by atoms with Crippen LogP contribution in [0.4, 0.5) is 5.69 Å². The van der Waals surface area contributed by atoms with Crippen LogP contribution in [0.2, 0.25) is 0 Å². The summed E-state index contributed by atoms with van der Waals surface area (Å²) >= 11 is 0. The number of ether oxygens (including phenoxy) is 2. The monoisotopic (exact) mass is 250 g/mol. The maximum absolute atomic E-state index is 11.9. The van der Waals surface area contributed by atoms with Gasteiger partial charge >= 0.3 is 5.97 Å². The van der Waals surface area contributed by atoms with Crippen LogP contribution in [0.25, 0.3) is 0 Å². The van der Waals surface area contributed by atoms with Gasteiger partial charge in [-0.1, -0.05) is 6.07 Å². The Labute approximate surface area is 106 Å². The Morgan fingerprint density at radius 2 is 2.44 bits per heavy atom. The molecular weight excluding hydrogens is 232 g/mol. The van der Waals surface area contributed by atoms with Gasteiger partial charge in [0.05, 0.1) is 24.9 Å². The standard InChI is InChI=1S/C13H18N2O3/c1-2-17-13(16)11-7-9(14)3-4-10(11)12-8-15-5-6-18-12/h3-4,7,12,15H,2,5-6,8,14H2,1H3. The third-order valence-corrected chi connectivity index (χ3v) is 2.85. The van der Waals surface area contributed by atoms with Crippen molar-refractivity contribution in [2.24, 2.45) is 0 Å². The SMILES string of the molecule is CCOC(=O)c1cc(N)ccc1C1CNCCO1. The van der Waals surface area contributed by atoms with E-state index in [0.717, 1.165) is 12.1 Å². The van der Waals surface area contributed by atoms with Crippen LogP contribution in [0, 0.1) is 0 Å². The van der Waals surface area contributed by atoms with E-state index in [0.29, 0.717) is 31.0 Å². The van der Waals surface area contributed by atoms with Crippen molar-refractivity contribution >= 4 is 11.7 Å². The highest BCUT2D eigenvalue weighted by molar-refractivity contribution is 5.92. The molecule has 0 aliphatic carbocycles. The lowest BCUT2D eigenvalue weighted by Crippen LogP contribution is -2.34. The van der Waals surface area contributed by atoms with Gasteiger partial charge in [-0.15, -0.1) is 0 Å². The maximum Gasteiger partial charge on any atom is 0.338 e. The molecule has 1 aromatic carbocycles. The molecule has 0 amide bonds. The Morgan fingerprint density at radius 3 is 3.11 bits per heavy atom. The van der Waals surface area contributed by atoms with Crippen LogP contribution in [0.15, 0.2) is 18.2 Å². The van der Waals surface area contributed by atoms with E-state index < -0.39 is 0 Å². The van der Waals surface area contributed by atoms with Crippen molar-refractivity contribution in [2.75, 3.05) is 32.0 Å². The van der Waals surface area contributed by atoms with Crippen LogP contribution >= 0.6 is 0 Å². The molecule has 1 saturated heterocycles. The zero-order chi connectivity index (χ0) is 13.0. The van der Waals surface area contributed by atoms with E-state index in [1.54, 1.807) is 19.1 Å². The molecular formula is C13H18N2O3. The molecule has 0 bridgehead atoms. The number of hydrogen-bond donors (Lipinski definition) is 2. The quantitative estimate of drug-likeness (QED) is 0.621. The summed E-state index contributed by atoms with van der Waals surface area (Å²) in [6.45, 7) is 4.28. The summed E-state index contributed by atoms with van der Waals surface area (Å²) in [7, 11) is 0. The molecule has 1 heterocycles. The first-order chi connectivity index (χ1) is 8.72. The maximum atomic E-state index is 11.9. The van der Waals surface area contributed by atoms with E-state index in [1.807, 2.05) is 6.07 Å². The van der Waals surface area contributed by atoms with Gasteiger partial charge in [-0.25, -0.2) is 4.79 Å². The van der Waals surface area contributed by atoms with Crippen LogP contribution in [0.5, 0.6) is 0 Å². The largest absolute Gasteiger partial charge is 0.462 e. The van der Waals surface area contributed by atoms with Crippen molar-refractivity contribution in [1.29, 1.82) is 0 Å². The zero-order valence-electron chi connectivity index (χ0n) is 10.4. The summed E-state index contributed by atoms with van der Waals surface area (Å²) in [5, 5.41) is 3.24. The van der Waals surface area contributed by atoms with Crippen molar-refractivity contribution in [3.63, 3.8) is 0 Å². The smallest absolute Gasteiger partial charge is 0.338 e. The molecule has 5 heteroatoms. The van der Waals surface area contributed by atoms with Crippen molar-refractivity contribution in [3.05, 3.63) is 29.3 Å². The molecule has 1 atom stereocenters. The molecule has 5 nitrogen and oxygen atoms in total. The van der Waals surface area contributed by atoms with Crippen LogP contribution in [-0.2, 0) is 9.47 Å². The van der Waals surface area contributed by atoms with Gasteiger partial charge in [-0.05, 0) is 24.6 Å². The minimum Gasteiger partial charge on any atom is -0.462 e. The number of rotatable bonds is 3. The third kappa shape index (κ3) is 2.80. The van der Waals surface area contributed by atoms with Crippen molar-refractivity contribution in [1.82, 2.24) is 5.32 Å². The number of esters is 1. The number of carbonyl (C=O) groups is 1. The minimum atomic E-state index is -0.353. The first-order valence-electron chi connectivity index (χ1n) is 6.11. The number of benzene rings is 1. The Balaban J connectivity index is 2.30. The highest BCUT2D eigenvalue weighted by Gasteiger charge is 2.22. The number of carbonyl (C=O) groups excluding carboxylic acids is 1. The molecule has 1 aliphatic rings. The lowest BCUT2D eigenvalue weighted by molar-refractivity contribution is 0.0254. The summed E-state index contributed by atoms with van der Waals surface area (Å²) < 4.78 is 10.7. The molecule has 2 rings (SSSR count). The molecule has 98 valence electrons. The average molecular weight is 250 g/mol. The summed E-state index contributed by atoms with van der Waals surface area (Å²) in [6, 6.07) is 5.25. The van der Waals surface area contributed by atoms with Gasteiger partial charge in [0.1, 0.15) is 0 Å². The first kappa shape index (κ1) is 12.9. The fourth-order valence-corrected chi connectivity index (χ4v) is 2.01. The van der Waals surface area contributed by atoms with Gasteiger partial charge in [0.15, 0.2) is 0 Å². The molecule has 3 N–H and O–H groups in total. The molecule has 1 aromatic rings. The lowest BCUT2D eigenvalue weighted by Gasteiger charge is -2.25. The van der Waals surface area contributed by atoms with E-state index in [1.165, 1.54) is 0 Å². The molecule has 0 spiro atoms. The second-order valence-electron chi connectivity index (χ2n) is 4.13. The Bertz CT molecular complexity index is 428. The van der Waals surface area contributed by atoms with Gasteiger partial charge in [0.2, 0.25) is 0 Å². The molecule has 1 fully saturated rings. The average Bonchev–Trinajstić information content (AvgIpc) is 2.40. The number of hydrogen-bond acceptors (Lipinski definition) is 5. The predicted molar refractivity (Wildman–Crippen MR) is 68.4 cm³/mol. The molecule has 18 heavy (non-hydrogen) atoms. The highest BCUT2D eigenvalue weighted by Crippen LogP contribution is 2.25. The van der Waals surface area contributed by atoms with Gasteiger partial charge < -0.3 is 20.5 Å². The van der Waals surface area contributed by atoms with E-state index in [9.17, 15) is 4.79 Å².